The highest BCUT2D eigenvalue weighted by molar-refractivity contribution is 7.89. The predicted molar refractivity (Wildman–Crippen MR) is 95.3 cm³/mol. The van der Waals surface area contributed by atoms with Crippen molar-refractivity contribution in [1.29, 1.82) is 0 Å². The molecular formula is C17H20N4O4S. The maximum Gasteiger partial charge on any atom is 0.274 e. The fourth-order valence-electron chi connectivity index (χ4n) is 2.83. The van der Waals surface area contributed by atoms with Gasteiger partial charge in [-0.15, -0.1) is 0 Å². The van der Waals surface area contributed by atoms with Gasteiger partial charge in [0.2, 0.25) is 10.0 Å². The highest BCUT2D eigenvalue weighted by Crippen LogP contribution is 2.16. The third kappa shape index (κ3) is 4.17. The smallest absolute Gasteiger partial charge is 0.274 e. The second-order valence-electron chi connectivity index (χ2n) is 6.31. The van der Waals surface area contributed by atoms with Crippen molar-refractivity contribution in [3.63, 3.8) is 0 Å². The molecule has 1 aliphatic rings. The number of amides is 1. The van der Waals surface area contributed by atoms with Crippen LogP contribution >= 0.6 is 0 Å². The Balaban J connectivity index is 1.59. The molecule has 2 aromatic rings. The van der Waals surface area contributed by atoms with E-state index in [1.165, 1.54) is 12.1 Å². The van der Waals surface area contributed by atoms with Crippen LogP contribution in [-0.2, 0) is 10.0 Å². The van der Waals surface area contributed by atoms with E-state index in [-0.39, 0.29) is 28.1 Å². The van der Waals surface area contributed by atoms with Gasteiger partial charge in [0.05, 0.1) is 4.90 Å². The number of carbonyl (C=O) groups excluding carboxylic acids is 1. The lowest BCUT2D eigenvalue weighted by Crippen LogP contribution is -2.46. The first-order valence-electron chi connectivity index (χ1n) is 8.29. The Bertz CT molecular complexity index is 925. The molecule has 0 bridgehead atoms. The van der Waals surface area contributed by atoms with Gasteiger partial charge in [-0.05, 0) is 38.0 Å². The summed E-state index contributed by atoms with van der Waals surface area (Å²) in [5.74, 6) is -0.277. The van der Waals surface area contributed by atoms with E-state index in [9.17, 15) is 18.0 Å². The Morgan fingerprint density at radius 3 is 2.38 bits per heavy atom. The summed E-state index contributed by atoms with van der Waals surface area (Å²) in [5, 5.41) is 5.98. The van der Waals surface area contributed by atoms with Gasteiger partial charge in [0.15, 0.2) is 0 Å². The van der Waals surface area contributed by atoms with E-state index in [1.807, 2.05) is 6.92 Å². The zero-order valence-corrected chi connectivity index (χ0v) is 15.1. The molecule has 138 valence electrons. The van der Waals surface area contributed by atoms with Crippen LogP contribution in [0, 0.1) is 6.92 Å². The summed E-state index contributed by atoms with van der Waals surface area (Å²) in [5.41, 5.74) is 0.792. The van der Waals surface area contributed by atoms with Crippen LogP contribution in [0.2, 0.25) is 0 Å². The standard InChI is InChI=1S/C17H20N4O4S/c1-12-2-4-14(5-3-12)26(24,25)20-13-8-10-21(11-9-13)17(23)15-6-7-16(22)19-18-15/h2-7,13,20H,8-11H2,1H3,(H,19,22). The maximum atomic E-state index is 12.4. The van der Waals surface area contributed by atoms with Gasteiger partial charge < -0.3 is 4.90 Å². The number of carbonyl (C=O) groups is 1. The van der Waals surface area contributed by atoms with Crippen molar-refractivity contribution in [2.75, 3.05) is 13.1 Å². The normalized spacial score (nSPS) is 15.8. The van der Waals surface area contributed by atoms with Gasteiger partial charge in [-0.1, -0.05) is 17.7 Å². The molecule has 1 saturated heterocycles. The molecule has 8 nitrogen and oxygen atoms in total. The topological polar surface area (TPSA) is 112 Å². The summed E-state index contributed by atoms with van der Waals surface area (Å²) in [6, 6.07) is 9.08. The predicted octanol–water partition coefficient (Wildman–Crippen LogP) is 0.661. The van der Waals surface area contributed by atoms with Crippen molar-refractivity contribution in [3.8, 4) is 0 Å². The van der Waals surface area contributed by atoms with Gasteiger partial charge in [0.1, 0.15) is 5.69 Å². The molecule has 0 spiro atoms. The number of benzene rings is 1. The lowest BCUT2D eigenvalue weighted by molar-refractivity contribution is 0.0704. The molecule has 0 saturated carbocycles. The van der Waals surface area contributed by atoms with Gasteiger partial charge in [-0.25, -0.2) is 18.2 Å². The second-order valence-corrected chi connectivity index (χ2v) is 8.02. The first-order valence-corrected chi connectivity index (χ1v) is 9.77. The van der Waals surface area contributed by atoms with Crippen molar-refractivity contribution in [1.82, 2.24) is 19.8 Å². The fourth-order valence-corrected chi connectivity index (χ4v) is 4.14. The van der Waals surface area contributed by atoms with Crippen LogP contribution < -0.4 is 10.3 Å². The number of hydrogen-bond acceptors (Lipinski definition) is 5. The average Bonchev–Trinajstić information content (AvgIpc) is 2.62. The van der Waals surface area contributed by atoms with Crippen molar-refractivity contribution in [2.24, 2.45) is 0 Å². The van der Waals surface area contributed by atoms with E-state index in [0.717, 1.165) is 5.56 Å². The molecule has 26 heavy (non-hydrogen) atoms. The van der Waals surface area contributed by atoms with E-state index in [4.69, 9.17) is 0 Å². The van der Waals surface area contributed by atoms with Crippen LogP contribution in [0.15, 0.2) is 46.1 Å². The Morgan fingerprint density at radius 2 is 1.81 bits per heavy atom. The van der Waals surface area contributed by atoms with Crippen molar-refractivity contribution in [3.05, 3.63) is 58.0 Å². The number of likely N-dealkylation sites (tertiary alicyclic amines) is 1. The van der Waals surface area contributed by atoms with Crippen LogP contribution in [0.25, 0.3) is 0 Å². The van der Waals surface area contributed by atoms with Crippen molar-refractivity contribution < 1.29 is 13.2 Å². The first kappa shape index (κ1) is 18.3. The van der Waals surface area contributed by atoms with Gasteiger partial charge in [0, 0.05) is 25.2 Å². The molecule has 1 aromatic heterocycles. The number of nitrogens with one attached hydrogen (secondary N) is 2. The average molecular weight is 376 g/mol. The SMILES string of the molecule is Cc1ccc(S(=O)(=O)NC2CCN(C(=O)c3ccc(=O)[nH]n3)CC2)cc1. The zero-order valence-electron chi connectivity index (χ0n) is 14.3. The zero-order chi connectivity index (χ0) is 18.7. The summed E-state index contributed by atoms with van der Waals surface area (Å²) in [7, 11) is -3.58. The first-order chi connectivity index (χ1) is 12.3. The fraction of sp³-hybridized carbons (Fsp3) is 0.353. The minimum atomic E-state index is -3.58. The lowest BCUT2D eigenvalue weighted by Gasteiger charge is -2.32. The molecule has 2 heterocycles. The summed E-state index contributed by atoms with van der Waals surface area (Å²) in [4.78, 5) is 25.2. The minimum Gasteiger partial charge on any atom is -0.337 e. The molecule has 0 unspecified atom stereocenters. The largest absolute Gasteiger partial charge is 0.337 e. The number of hydrogen-bond donors (Lipinski definition) is 2. The Labute approximate surface area is 151 Å². The van der Waals surface area contributed by atoms with Crippen LogP contribution in [0.1, 0.15) is 28.9 Å². The number of piperidine rings is 1. The summed E-state index contributed by atoms with van der Waals surface area (Å²) >= 11 is 0. The number of aromatic amines is 1. The minimum absolute atomic E-state index is 0.170. The number of sulfonamides is 1. The van der Waals surface area contributed by atoms with Gasteiger partial charge in [-0.3, -0.25) is 9.59 Å². The molecule has 3 rings (SSSR count). The molecule has 0 radical (unpaired) electrons. The second kappa shape index (κ2) is 7.38. The van der Waals surface area contributed by atoms with Crippen LogP contribution in [0.5, 0.6) is 0 Å². The monoisotopic (exact) mass is 376 g/mol. The summed E-state index contributed by atoms with van der Waals surface area (Å²) in [6.07, 6.45) is 1.03. The van der Waals surface area contributed by atoms with Gasteiger partial charge >= 0.3 is 0 Å². The van der Waals surface area contributed by atoms with E-state index >= 15 is 0 Å². The van der Waals surface area contributed by atoms with Gasteiger partial charge in [-0.2, -0.15) is 5.10 Å². The highest BCUT2D eigenvalue weighted by atomic mass is 32.2. The third-order valence-electron chi connectivity index (χ3n) is 4.33. The molecule has 9 heteroatoms. The van der Waals surface area contributed by atoms with Crippen molar-refractivity contribution in [2.45, 2.75) is 30.7 Å². The third-order valence-corrected chi connectivity index (χ3v) is 5.87. The van der Waals surface area contributed by atoms with E-state index in [2.05, 4.69) is 14.9 Å². The van der Waals surface area contributed by atoms with Gasteiger partial charge in [0.25, 0.3) is 11.5 Å². The van der Waals surface area contributed by atoms with E-state index in [0.29, 0.717) is 25.9 Å². The van der Waals surface area contributed by atoms with Crippen LogP contribution in [0.3, 0.4) is 0 Å². The lowest BCUT2D eigenvalue weighted by atomic mass is 10.1. The van der Waals surface area contributed by atoms with E-state index in [1.54, 1.807) is 29.2 Å². The Morgan fingerprint density at radius 1 is 1.15 bits per heavy atom. The van der Waals surface area contributed by atoms with E-state index < -0.39 is 10.0 Å². The maximum absolute atomic E-state index is 12.4. The molecular weight excluding hydrogens is 356 g/mol. The number of nitrogens with zero attached hydrogens (tertiary/aromatic N) is 2. The summed E-state index contributed by atoms with van der Waals surface area (Å²) < 4.78 is 27.6. The molecule has 0 aliphatic carbocycles. The Kier molecular flexibility index (Phi) is 5.19. The number of rotatable bonds is 4. The number of aromatic nitrogens is 2. The molecule has 1 amide bonds. The molecule has 1 aromatic carbocycles. The molecule has 2 N–H and O–H groups in total. The number of H-pyrrole nitrogens is 1. The van der Waals surface area contributed by atoms with Crippen molar-refractivity contribution >= 4 is 15.9 Å². The quantitative estimate of drug-likeness (QED) is 0.814. The molecule has 1 aliphatic heterocycles. The highest BCUT2D eigenvalue weighted by Gasteiger charge is 2.27. The molecule has 1 fully saturated rings. The number of aryl methyl sites for hydroxylation is 1. The van der Waals surface area contributed by atoms with Crippen LogP contribution in [0.4, 0.5) is 0 Å². The van der Waals surface area contributed by atoms with Crippen LogP contribution in [-0.4, -0.2) is 48.6 Å². The Hall–Kier alpha value is -2.52. The molecule has 0 atom stereocenters. The summed E-state index contributed by atoms with van der Waals surface area (Å²) in [6.45, 7) is 2.73.